The van der Waals surface area contributed by atoms with E-state index in [4.69, 9.17) is 14.9 Å². The molecule has 2 aromatic rings. The summed E-state index contributed by atoms with van der Waals surface area (Å²) >= 11 is 0. The Labute approximate surface area is 153 Å². The molecule has 0 spiro atoms. The summed E-state index contributed by atoms with van der Waals surface area (Å²) in [6.45, 7) is 4.86. The van der Waals surface area contributed by atoms with Gasteiger partial charge in [0.2, 0.25) is 0 Å². The molecule has 0 aliphatic heterocycles. The fourth-order valence-corrected chi connectivity index (χ4v) is 2.26. The molecule has 7 heteroatoms. The second-order valence-electron chi connectivity index (χ2n) is 5.64. The number of guanidine groups is 1. The van der Waals surface area contributed by atoms with Gasteiger partial charge >= 0.3 is 0 Å². The minimum Gasteiger partial charge on any atom is -0.467 e. The maximum atomic E-state index is 12.2. The number of furan rings is 1. The topological polar surface area (TPSA) is 102 Å². The van der Waals surface area contributed by atoms with Crippen molar-refractivity contribution >= 4 is 11.9 Å². The van der Waals surface area contributed by atoms with Crippen molar-refractivity contribution in [3.63, 3.8) is 0 Å². The molecule has 0 atom stereocenters. The minimum absolute atomic E-state index is 0.158. The summed E-state index contributed by atoms with van der Waals surface area (Å²) in [4.78, 5) is 16.5. The summed E-state index contributed by atoms with van der Waals surface area (Å²) in [5, 5.41) is 5.86. The quantitative estimate of drug-likeness (QED) is 0.343. The van der Waals surface area contributed by atoms with Crippen LogP contribution in [0.4, 0.5) is 0 Å². The number of ether oxygens (including phenoxy) is 1. The van der Waals surface area contributed by atoms with Gasteiger partial charge in [0.05, 0.1) is 19.4 Å². The number of nitrogens with zero attached hydrogens (tertiary/aromatic N) is 1. The first-order valence-corrected chi connectivity index (χ1v) is 8.70. The largest absolute Gasteiger partial charge is 0.467 e. The Bertz CT molecular complexity index is 699. The molecule has 4 N–H and O–H groups in total. The highest BCUT2D eigenvalue weighted by atomic mass is 16.5. The normalized spacial score (nSPS) is 11.3. The molecule has 0 radical (unpaired) electrons. The Morgan fingerprint density at radius 2 is 2.15 bits per heavy atom. The molecule has 0 aliphatic carbocycles. The van der Waals surface area contributed by atoms with Crippen LogP contribution < -0.4 is 16.4 Å². The van der Waals surface area contributed by atoms with Crippen molar-refractivity contribution in [2.24, 2.45) is 10.7 Å². The van der Waals surface area contributed by atoms with Crippen molar-refractivity contribution in [3.05, 3.63) is 59.5 Å². The van der Waals surface area contributed by atoms with Gasteiger partial charge in [-0.1, -0.05) is 12.1 Å². The standard InChI is InChI=1S/C19H26N4O3/c1-2-25-10-5-9-21-19(20)23-13-15-6-3-7-16(12-15)18(24)22-14-17-8-4-11-26-17/h3-4,6-8,11-12H,2,5,9-10,13-14H2,1H3,(H,22,24)(H3,20,21,23). The van der Waals surface area contributed by atoms with Gasteiger partial charge in [0.15, 0.2) is 5.96 Å². The lowest BCUT2D eigenvalue weighted by atomic mass is 10.1. The van der Waals surface area contributed by atoms with Gasteiger partial charge in [-0.15, -0.1) is 0 Å². The lowest BCUT2D eigenvalue weighted by Crippen LogP contribution is -2.32. The molecule has 1 aromatic carbocycles. The van der Waals surface area contributed by atoms with Gasteiger partial charge in [-0.2, -0.15) is 0 Å². The lowest BCUT2D eigenvalue weighted by Gasteiger charge is -2.07. The Balaban J connectivity index is 1.80. The molecule has 0 bridgehead atoms. The van der Waals surface area contributed by atoms with Gasteiger partial charge in [0.1, 0.15) is 5.76 Å². The molecular weight excluding hydrogens is 332 g/mol. The van der Waals surface area contributed by atoms with Crippen LogP contribution in [0.3, 0.4) is 0 Å². The predicted molar refractivity (Wildman–Crippen MR) is 101 cm³/mol. The summed E-state index contributed by atoms with van der Waals surface area (Å²) < 4.78 is 10.5. The molecule has 1 aromatic heterocycles. The molecule has 26 heavy (non-hydrogen) atoms. The minimum atomic E-state index is -0.158. The molecule has 0 aliphatic rings. The Morgan fingerprint density at radius 1 is 1.27 bits per heavy atom. The van der Waals surface area contributed by atoms with Crippen molar-refractivity contribution < 1.29 is 13.9 Å². The number of aliphatic imine (C=N–C) groups is 1. The van der Waals surface area contributed by atoms with Gasteiger partial charge in [-0.3, -0.25) is 4.79 Å². The van der Waals surface area contributed by atoms with E-state index in [9.17, 15) is 4.79 Å². The van der Waals surface area contributed by atoms with Crippen LogP contribution in [0.15, 0.2) is 52.1 Å². The second-order valence-corrected chi connectivity index (χ2v) is 5.64. The fraction of sp³-hybridized carbons (Fsp3) is 0.368. The van der Waals surface area contributed by atoms with Crippen LogP contribution in [-0.4, -0.2) is 31.6 Å². The van der Waals surface area contributed by atoms with Crippen molar-refractivity contribution in [1.29, 1.82) is 0 Å². The van der Waals surface area contributed by atoms with Crippen LogP contribution in [-0.2, 0) is 17.8 Å². The van der Waals surface area contributed by atoms with Crippen LogP contribution in [0, 0.1) is 0 Å². The Hall–Kier alpha value is -2.80. The first-order valence-electron chi connectivity index (χ1n) is 8.70. The van der Waals surface area contributed by atoms with Crippen LogP contribution in [0.2, 0.25) is 0 Å². The molecule has 7 nitrogen and oxygen atoms in total. The highest BCUT2D eigenvalue weighted by molar-refractivity contribution is 5.94. The number of carbonyl (C=O) groups excluding carboxylic acids is 1. The third kappa shape index (κ3) is 6.98. The average Bonchev–Trinajstić information content (AvgIpc) is 3.18. The van der Waals surface area contributed by atoms with Gasteiger partial charge in [-0.25, -0.2) is 4.99 Å². The number of hydrogen-bond acceptors (Lipinski definition) is 4. The highest BCUT2D eigenvalue weighted by Gasteiger charge is 2.07. The van der Waals surface area contributed by atoms with Crippen LogP contribution in [0.1, 0.15) is 35.0 Å². The number of nitrogens with one attached hydrogen (secondary N) is 2. The summed E-state index contributed by atoms with van der Waals surface area (Å²) in [6, 6.07) is 10.9. The monoisotopic (exact) mass is 358 g/mol. The first-order chi connectivity index (χ1) is 12.7. The lowest BCUT2D eigenvalue weighted by molar-refractivity contribution is 0.0948. The zero-order valence-corrected chi connectivity index (χ0v) is 15.0. The fourth-order valence-electron chi connectivity index (χ4n) is 2.26. The summed E-state index contributed by atoms with van der Waals surface area (Å²) in [5.41, 5.74) is 7.33. The number of amides is 1. The maximum Gasteiger partial charge on any atom is 0.251 e. The molecule has 140 valence electrons. The summed E-state index contributed by atoms with van der Waals surface area (Å²) in [6.07, 6.45) is 2.45. The summed E-state index contributed by atoms with van der Waals surface area (Å²) in [5.74, 6) is 0.936. The van der Waals surface area contributed by atoms with Crippen molar-refractivity contribution in [1.82, 2.24) is 10.6 Å². The van der Waals surface area contributed by atoms with Crippen LogP contribution >= 0.6 is 0 Å². The van der Waals surface area contributed by atoms with Crippen LogP contribution in [0.25, 0.3) is 0 Å². The number of carbonyl (C=O) groups is 1. The van der Waals surface area contributed by atoms with Gasteiger partial charge in [-0.05, 0) is 43.2 Å². The van der Waals surface area contributed by atoms with Gasteiger partial charge < -0.3 is 25.5 Å². The Kier molecular flexibility index (Phi) is 8.21. The van der Waals surface area contributed by atoms with Crippen molar-refractivity contribution in [2.45, 2.75) is 26.4 Å². The van der Waals surface area contributed by atoms with E-state index in [0.717, 1.165) is 18.6 Å². The van der Waals surface area contributed by atoms with E-state index in [2.05, 4.69) is 15.6 Å². The summed E-state index contributed by atoms with van der Waals surface area (Å²) in [7, 11) is 0. The third-order valence-corrected chi connectivity index (χ3v) is 3.60. The molecule has 1 amide bonds. The number of benzene rings is 1. The first kappa shape index (κ1) is 19.5. The number of nitrogens with two attached hydrogens (primary N) is 1. The van der Waals surface area contributed by atoms with Crippen molar-refractivity contribution in [3.8, 4) is 0 Å². The molecule has 1 heterocycles. The van der Waals surface area contributed by atoms with Gasteiger partial charge in [0.25, 0.3) is 5.91 Å². The molecular formula is C19H26N4O3. The van der Waals surface area contributed by atoms with E-state index < -0.39 is 0 Å². The van der Waals surface area contributed by atoms with E-state index in [-0.39, 0.29) is 5.91 Å². The zero-order valence-electron chi connectivity index (χ0n) is 15.0. The smallest absolute Gasteiger partial charge is 0.251 e. The number of rotatable bonds is 10. The predicted octanol–water partition coefficient (Wildman–Crippen LogP) is 2.04. The van der Waals surface area contributed by atoms with E-state index in [1.807, 2.05) is 31.2 Å². The highest BCUT2D eigenvalue weighted by Crippen LogP contribution is 2.07. The molecule has 0 saturated heterocycles. The van der Waals surface area contributed by atoms with Gasteiger partial charge in [0, 0.05) is 25.3 Å². The maximum absolute atomic E-state index is 12.2. The molecule has 0 saturated carbocycles. The van der Waals surface area contributed by atoms with Crippen molar-refractivity contribution in [2.75, 3.05) is 19.8 Å². The zero-order chi connectivity index (χ0) is 18.6. The molecule has 0 unspecified atom stereocenters. The SMILES string of the molecule is CCOCCCNC(N)=NCc1cccc(C(=O)NCc2ccco2)c1. The van der Waals surface area contributed by atoms with Crippen LogP contribution in [0.5, 0.6) is 0 Å². The molecule has 2 rings (SSSR count). The third-order valence-electron chi connectivity index (χ3n) is 3.60. The van der Waals surface area contributed by atoms with E-state index in [1.54, 1.807) is 18.4 Å². The second kappa shape index (κ2) is 10.9. The average molecular weight is 358 g/mol. The van der Waals surface area contributed by atoms with E-state index in [1.165, 1.54) is 0 Å². The molecule has 0 fully saturated rings. The number of hydrogen-bond donors (Lipinski definition) is 3. The van der Waals surface area contributed by atoms with E-state index >= 15 is 0 Å². The Morgan fingerprint density at radius 3 is 2.92 bits per heavy atom. The van der Waals surface area contributed by atoms with E-state index in [0.29, 0.717) is 43.5 Å².